The van der Waals surface area contributed by atoms with Gasteiger partial charge in [-0.15, -0.1) is 0 Å². The van der Waals surface area contributed by atoms with Crippen LogP contribution in [0, 0.1) is 6.92 Å². The molecule has 1 amide bonds. The van der Waals surface area contributed by atoms with Crippen molar-refractivity contribution in [1.82, 2.24) is 20.1 Å². The minimum atomic E-state index is -0.0960. The fourth-order valence-corrected chi connectivity index (χ4v) is 4.17. The van der Waals surface area contributed by atoms with E-state index >= 15 is 0 Å². The summed E-state index contributed by atoms with van der Waals surface area (Å²) in [6.45, 7) is 5.99. The van der Waals surface area contributed by atoms with Crippen molar-refractivity contribution in [1.29, 1.82) is 0 Å². The number of carbonyl (C=O) groups excluding carboxylic acids is 1. The van der Waals surface area contributed by atoms with Gasteiger partial charge in [0.25, 0.3) is 11.8 Å². The lowest BCUT2D eigenvalue weighted by Gasteiger charge is -2.27. The molecule has 30 heavy (non-hydrogen) atoms. The number of benzene rings is 1. The highest BCUT2D eigenvalue weighted by Crippen LogP contribution is 2.35. The summed E-state index contributed by atoms with van der Waals surface area (Å²) in [4.78, 5) is 30.9. The van der Waals surface area contributed by atoms with Crippen LogP contribution in [0.5, 0.6) is 0 Å². The summed E-state index contributed by atoms with van der Waals surface area (Å²) in [5.74, 6) is 2.20. The number of hydrogen-bond donors (Lipinski definition) is 1. The molecule has 9 nitrogen and oxygen atoms in total. The fourth-order valence-electron chi connectivity index (χ4n) is 4.17. The Morgan fingerprint density at radius 1 is 1.30 bits per heavy atom. The molecule has 4 heterocycles. The van der Waals surface area contributed by atoms with Gasteiger partial charge in [0.05, 0.1) is 0 Å². The van der Waals surface area contributed by atoms with Crippen molar-refractivity contribution in [2.45, 2.75) is 32.7 Å². The van der Waals surface area contributed by atoms with Gasteiger partial charge in [-0.25, -0.2) is 4.98 Å². The summed E-state index contributed by atoms with van der Waals surface area (Å²) in [6.07, 6.45) is 3.74. The van der Waals surface area contributed by atoms with E-state index < -0.39 is 0 Å². The number of nitrogens with zero attached hydrogens (tertiary/aromatic N) is 6. The average molecular weight is 405 g/mol. The lowest BCUT2D eigenvalue weighted by molar-refractivity contribution is 0.0988. The molecule has 1 saturated heterocycles. The van der Waals surface area contributed by atoms with Crippen LogP contribution in [0.2, 0.25) is 0 Å². The Labute approximate surface area is 174 Å². The van der Waals surface area contributed by atoms with E-state index in [4.69, 9.17) is 4.52 Å². The first-order valence-electron chi connectivity index (χ1n) is 10.2. The first-order valence-corrected chi connectivity index (χ1v) is 10.2. The van der Waals surface area contributed by atoms with Crippen LogP contribution in [-0.2, 0) is 0 Å². The topological polar surface area (TPSA) is 100 Å². The Morgan fingerprint density at radius 3 is 3.00 bits per heavy atom. The molecule has 1 aromatic carbocycles. The van der Waals surface area contributed by atoms with Gasteiger partial charge < -0.3 is 19.6 Å². The van der Waals surface area contributed by atoms with Crippen LogP contribution >= 0.6 is 0 Å². The molecule has 0 aliphatic carbocycles. The smallest absolute Gasteiger partial charge is 0.263 e. The molecule has 154 valence electrons. The third-order valence-electron chi connectivity index (χ3n) is 5.55. The zero-order chi connectivity index (χ0) is 20.7. The van der Waals surface area contributed by atoms with Gasteiger partial charge in [-0.2, -0.15) is 9.97 Å². The van der Waals surface area contributed by atoms with Crippen molar-refractivity contribution in [3.8, 4) is 11.5 Å². The van der Waals surface area contributed by atoms with Gasteiger partial charge in [-0.3, -0.25) is 4.79 Å². The van der Waals surface area contributed by atoms with Crippen molar-refractivity contribution in [3.05, 3.63) is 41.9 Å². The van der Waals surface area contributed by atoms with Gasteiger partial charge >= 0.3 is 0 Å². The molecule has 3 aromatic rings. The second-order valence-corrected chi connectivity index (χ2v) is 7.56. The maximum absolute atomic E-state index is 13.5. The van der Waals surface area contributed by atoms with Crippen LogP contribution in [0.1, 0.15) is 35.9 Å². The largest absolute Gasteiger partial charge is 0.354 e. The van der Waals surface area contributed by atoms with E-state index in [1.807, 2.05) is 36.1 Å². The number of aryl methyl sites for hydroxylation is 1. The summed E-state index contributed by atoms with van der Waals surface area (Å²) in [6, 6.07) is 7.88. The van der Waals surface area contributed by atoms with E-state index in [1.54, 1.807) is 13.1 Å². The number of nitrogens with one attached hydrogen (secondary N) is 1. The molecular formula is C21H23N7O2. The molecular weight excluding hydrogens is 382 g/mol. The van der Waals surface area contributed by atoms with E-state index in [0.29, 0.717) is 29.8 Å². The molecule has 0 saturated carbocycles. The minimum absolute atomic E-state index is 0.0960. The molecule has 1 atom stereocenters. The monoisotopic (exact) mass is 405 g/mol. The van der Waals surface area contributed by atoms with Crippen molar-refractivity contribution < 1.29 is 9.32 Å². The molecule has 0 radical (unpaired) electrons. The van der Waals surface area contributed by atoms with Gasteiger partial charge in [0.2, 0.25) is 5.95 Å². The number of fused-ring (bicyclic) bond motifs is 3. The van der Waals surface area contributed by atoms with Crippen molar-refractivity contribution in [2.24, 2.45) is 0 Å². The Hall–Kier alpha value is -3.49. The molecule has 0 bridgehead atoms. The van der Waals surface area contributed by atoms with Gasteiger partial charge in [-0.05, 0) is 44.9 Å². The molecule has 1 fully saturated rings. The molecule has 2 aliphatic heterocycles. The van der Waals surface area contributed by atoms with Crippen LogP contribution in [-0.4, -0.2) is 51.7 Å². The lowest BCUT2D eigenvalue weighted by Crippen LogP contribution is -2.39. The third-order valence-corrected chi connectivity index (χ3v) is 5.55. The van der Waals surface area contributed by atoms with E-state index in [1.165, 1.54) is 0 Å². The molecule has 2 aromatic heterocycles. The molecule has 2 aliphatic rings. The fraction of sp³-hybridized carbons (Fsp3) is 0.381. The Morgan fingerprint density at radius 2 is 2.20 bits per heavy atom. The van der Waals surface area contributed by atoms with E-state index in [-0.39, 0.29) is 11.9 Å². The third kappa shape index (κ3) is 3.16. The molecule has 9 heteroatoms. The predicted octanol–water partition coefficient (Wildman–Crippen LogP) is 2.90. The van der Waals surface area contributed by atoms with Crippen LogP contribution < -0.4 is 15.1 Å². The van der Waals surface area contributed by atoms with Crippen molar-refractivity contribution >= 4 is 23.4 Å². The Kier molecular flexibility index (Phi) is 4.57. The number of hydrogen-bond acceptors (Lipinski definition) is 8. The Balaban J connectivity index is 1.56. The van der Waals surface area contributed by atoms with Crippen LogP contribution in [0.15, 0.2) is 35.0 Å². The second kappa shape index (κ2) is 7.40. The number of rotatable bonds is 4. The van der Waals surface area contributed by atoms with Crippen molar-refractivity contribution in [3.63, 3.8) is 0 Å². The van der Waals surface area contributed by atoms with Crippen LogP contribution in [0.25, 0.3) is 11.5 Å². The van der Waals surface area contributed by atoms with Crippen LogP contribution in [0.3, 0.4) is 0 Å². The summed E-state index contributed by atoms with van der Waals surface area (Å²) in [5, 5.41) is 7.01. The van der Waals surface area contributed by atoms with E-state index in [9.17, 15) is 4.79 Å². The quantitative estimate of drug-likeness (QED) is 0.707. The molecule has 5 rings (SSSR count). The number of amides is 1. The molecule has 0 spiro atoms. The first kappa shape index (κ1) is 18.5. The summed E-state index contributed by atoms with van der Waals surface area (Å²) >= 11 is 0. The first-order chi connectivity index (χ1) is 14.6. The average Bonchev–Trinajstić information content (AvgIpc) is 3.38. The highest BCUT2D eigenvalue weighted by Gasteiger charge is 2.37. The maximum Gasteiger partial charge on any atom is 0.263 e. The summed E-state index contributed by atoms with van der Waals surface area (Å²) in [7, 11) is 0. The summed E-state index contributed by atoms with van der Waals surface area (Å²) in [5.41, 5.74) is 2.11. The zero-order valence-corrected chi connectivity index (χ0v) is 17.0. The SMILES string of the molecule is CCNc1ncc2c(n1)N1CCCC1CN(c1cccc(-c3nc(C)no3)c1)C2=O. The Bertz CT molecular complexity index is 1100. The molecule has 1 N–H and O–H groups in total. The predicted molar refractivity (Wildman–Crippen MR) is 113 cm³/mol. The zero-order valence-electron chi connectivity index (χ0n) is 17.0. The highest BCUT2D eigenvalue weighted by molar-refractivity contribution is 6.10. The lowest BCUT2D eigenvalue weighted by atomic mass is 10.1. The number of carbonyl (C=O) groups is 1. The standard InChI is InChI=1S/C21H23N7O2/c1-3-22-21-23-11-17-18(25-21)27-9-5-8-16(27)12-28(20(17)29)15-7-4-6-14(10-15)19-24-13(2)26-30-19/h4,6-7,10-11,16H,3,5,8-9,12H2,1-2H3,(H,22,23,25). The van der Waals surface area contributed by atoms with Crippen LogP contribution in [0.4, 0.5) is 17.5 Å². The van der Waals surface area contributed by atoms with Gasteiger partial charge in [-0.1, -0.05) is 11.2 Å². The minimum Gasteiger partial charge on any atom is -0.354 e. The second-order valence-electron chi connectivity index (χ2n) is 7.56. The number of aromatic nitrogens is 4. The van der Waals surface area contributed by atoms with Crippen molar-refractivity contribution in [2.75, 3.05) is 34.8 Å². The normalized spacial score (nSPS) is 18.2. The number of anilines is 3. The van der Waals surface area contributed by atoms with Gasteiger partial charge in [0.1, 0.15) is 11.4 Å². The molecule has 1 unspecified atom stereocenters. The van der Waals surface area contributed by atoms with Gasteiger partial charge in [0, 0.05) is 43.1 Å². The maximum atomic E-state index is 13.5. The van der Waals surface area contributed by atoms with Gasteiger partial charge in [0.15, 0.2) is 5.82 Å². The van der Waals surface area contributed by atoms with E-state index in [0.717, 1.165) is 43.0 Å². The summed E-state index contributed by atoms with van der Waals surface area (Å²) < 4.78 is 5.31. The highest BCUT2D eigenvalue weighted by atomic mass is 16.5. The van der Waals surface area contributed by atoms with E-state index in [2.05, 4.69) is 30.3 Å².